The summed E-state index contributed by atoms with van der Waals surface area (Å²) in [7, 11) is 0. The van der Waals surface area contributed by atoms with Gasteiger partial charge >= 0.3 is 0 Å². The molecule has 2 aromatic heterocycles. The van der Waals surface area contributed by atoms with Gasteiger partial charge in [0.1, 0.15) is 9.53 Å². The predicted molar refractivity (Wildman–Crippen MR) is 56.6 cm³/mol. The van der Waals surface area contributed by atoms with Gasteiger partial charge in [0.15, 0.2) is 5.82 Å². The van der Waals surface area contributed by atoms with Crippen molar-refractivity contribution in [2.24, 2.45) is 0 Å². The maximum atomic E-state index is 4.23. The van der Waals surface area contributed by atoms with Gasteiger partial charge in [0.25, 0.3) is 0 Å². The minimum absolute atomic E-state index is 0.801. The molecule has 4 nitrogen and oxygen atoms in total. The van der Waals surface area contributed by atoms with Gasteiger partial charge in [-0.1, -0.05) is 0 Å². The van der Waals surface area contributed by atoms with Crippen LogP contribution in [0.25, 0.3) is 5.82 Å². The van der Waals surface area contributed by atoms with Crippen LogP contribution in [0.15, 0.2) is 24.8 Å². The Morgan fingerprint density at radius 1 is 1.23 bits per heavy atom. The van der Waals surface area contributed by atoms with Gasteiger partial charge in [0.2, 0.25) is 0 Å². The van der Waals surface area contributed by atoms with Crippen molar-refractivity contribution < 1.29 is 0 Å². The standard InChI is InChI=1S/C8H7IN4/c1-6-10-2-3-13(6)8-5-11-7(9)4-12-8/h2-5H,1H3. The minimum Gasteiger partial charge on any atom is -0.287 e. The molecule has 66 valence electrons. The molecule has 0 aliphatic carbocycles. The third kappa shape index (κ3) is 1.69. The van der Waals surface area contributed by atoms with Crippen LogP contribution in [-0.2, 0) is 0 Å². The molecule has 0 atom stereocenters. The lowest BCUT2D eigenvalue weighted by Gasteiger charge is -2.01. The Bertz CT molecular complexity index is 406. The van der Waals surface area contributed by atoms with E-state index in [1.165, 1.54) is 0 Å². The molecule has 2 aromatic rings. The molecule has 13 heavy (non-hydrogen) atoms. The van der Waals surface area contributed by atoms with Crippen LogP contribution < -0.4 is 0 Å². The first-order chi connectivity index (χ1) is 6.27. The summed E-state index contributed by atoms with van der Waals surface area (Å²) in [5.41, 5.74) is 0. The van der Waals surface area contributed by atoms with Gasteiger partial charge in [0, 0.05) is 12.4 Å². The average molecular weight is 286 g/mol. The lowest BCUT2D eigenvalue weighted by molar-refractivity contribution is 0.914. The third-order valence-corrected chi connectivity index (χ3v) is 2.24. The molecular weight excluding hydrogens is 279 g/mol. The smallest absolute Gasteiger partial charge is 0.156 e. The van der Waals surface area contributed by atoms with E-state index in [2.05, 4.69) is 37.5 Å². The third-order valence-electron chi connectivity index (χ3n) is 1.68. The van der Waals surface area contributed by atoms with Gasteiger partial charge in [-0.15, -0.1) is 0 Å². The number of hydrogen-bond acceptors (Lipinski definition) is 3. The topological polar surface area (TPSA) is 43.6 Å². The second-order valence-corrected chi connectivity index (χ2v) is 3.65. The van der Waals surface area contributed by atoms with Crippen molar-refractivity contribution in [2.45, 2.75) is 6.92 Å². The summed E-state index contributed by atoms with van der Waals surface area (Å²) in [4.78, 5) is 12.5. The molecule has 0 bridgehead atoms. The van der Waals surface area contributed by atoms with Crippen LogP contribution in [0, 0.1) is 10.6 Å². The summed E-state index contributed by atoms with van der Waals surface area (Å²) < 4.78 is 2.78. The lowest BCUT2D eigenvalue weighted by Crippen LogP contribution is -1.99. The number of halogens is 1. The van der Waals surface area contributed by atoms with Gasteiger partial charge in [-0.2, -0.15) is 0 Å². The summed E-state index contributed by atoms with van der Waals surface area (Å²) in [5, 5.41) is 0. The Labute approximate surface area is 89.2 Å². The summed E-state index contributed by atoms with van der Waals surface area (Å²) in [5.74, 6) is 1.71. The first kappa shape index (κ1) is 8.61. The monoisotopic (exact) mass is 286 g/mol. The number of nitrogens with zero attached hydrogens (tertiary/aromatic N) is 4. The fourth-order valence-electron chi connectivity index (χ4n) is 1.05. The largest absolute Gasteiger partial charge is 0.287 e. The van der Waals surface area contributed by atoms with Crippen molar-refractivity contribution in [3.8, 4) is 5.82 Å². The predicted octanol–water partition coefficient (Wildman–Crippen LogP) is 1.58. The first-order valence-corrected chi connectivity index (χ1v) is 4.83. The van der Waals surface area contributed by atoms with Crippen molar-refractivity contribution in [2.75, 3.05) is 0 Å². The van der Waals surface area contributed by atoms with Crippen LogP contribution in [0.3, 0.4) is 0 Å². The quantitative estimate of drug-likeness (QED) is 0.747. The van der Waals surface area contributed by atoms with Gasteiger partial charge in [-0.05, 0) is 29.5 Å². The molecule has 0 aromatic carbocycles. The van der Waals surface area contributed by atoms with Crippen LogP contribution in [0.2, 0.25) is 0 Å². The highest BCUT2D eigenvalue weighted by Crippen LogP contribution is 2.06. The Morgan fingerprint density at radius 2 is 2.08 bits per heavy atom. The summed E-state index contributed by atoms with van der Waals surface area (Å²) in [6.07, 6.45) is 7.08. The Morgan fingerprint density at radius 3 is 2.62 bits per heavy atom. The van der Waals surface area contributed by atoms with E-state index >= 15 is 0 Å². The molecule has 0 unspecified atom stereocenters. The summed E-state index contributed by atoms with van der Waals surface area (Å²) in [6, 6.07) is 0. The number of aromatic nitrogens is 4. The number of rotatable bonds is 1. The van der Waals surface area contributed by atoms with E-state index < -0.39 is 0 Å². The van der Waals surface area contributed by atoms with Gasteiger partial charge in [-0.3, -0.25) is 4.57 Å². The summed E-state index contributed by atoms with van der Waals surface area (Å²) in [6.45, 7) is 1.93. The molecule has 2 rings (SSSR count). The van der Waals surface area contributed by atoms with E-state index in [4.69, 9.17) is 0 Å². The zero-order valence-electron chi connectivity index (χ0n) is 6.98. The highest BCUT2D eigenvalue weighted by Gasteiger charge is 2.00. The number of imidazole rings is 1. The normalized spacial score (nSPS) is 10.3. The van der Waals surface area contributed by atoms with E-state index in [9.17, 15) is 0 Å². The maximum absolute atomic E-state index is 4.23. The second kappa shape index (κ2) is 3.41. The highest BCUT2D eigenvalue weighted by atomic mass is 127. The maximum Gasteiger partial charge on any atom is 0.156 e. The molecule has 0 N–H and O–H groups in total. The molecule has 5 heteroatoms. The van der Waals surface area contributed by atoms with Crippen LogP contribution in [0.5, 0.6) is 0 Å². The van der Waals surface area contributed by atoms with Crippen molar-refractivity contribution in [3.63, 3.8) is 0 Å². The van der Waals surface area contributed by atoms with Gasteiger partial charge in [-0.25, -0.2) is 15.0 Å². The van der Waals surface area contributed by atoms with Crippen molar-refractivity contribution in [3.05, 3.63) is 34.3 Å². The van der Waals surface area contributed by atoms with E-state index in [1.54, 1.807) is 18.6 Å². The molecule has 0 saturated heterocycles. The van der Waals surface area contributed by atoms with E-state index in [0.717, 1.165) is 15.3 Å². The fourth-order valence-corrected chi connectivity index (χ4v) is 1.33. The summed E-state index contributed by atoms with van der Waals surface area (Å²) >= 11 is 2.12. The number of aryl methyl sites for hydroxylation is 1. The van der Waals surface area contributed by atoms with Crippen molar-refractivity contribution in [1.29, 1.82) is 0 Å². The number of hydrogen-bond donors (Lipinski definition) is 0. The minimum atomic E-state index is 0.801. The van der Waals surface area contributed by atoms with Crippen molar-refractivity contribution in [1.82, 2.24) is 19.5 Å². The van der Waals surface area contributed by atoms with Crippen LogP contribution >= 0.6 is 22.6 Å². The molecule has 0 fully saturated rings. The molecule has 0 spiro atoms. The van der Waals surface area contributed by atoms with Gasteiger partial charge in [0.05, 0.1) is 12.4 Å². The van der Waals surface area contributed by atoms with E-state index in [0.29, 0.717) is 0 Å². The lowest BCUT2D eigenvalue weighted by atomic mass is 10.6. The SMILES string of the molecule is Cc1nccn1-c1cnc(I)cn1. The average Bonchev–Trinajstić information content (AvgIpc) is 2.53. The highest BCUT2D eigenvalue weighted by molar-refractivity contribution is 14.1. The van der Waals surface area contributed by atoms with Crippen LogP contribution in [0.1, 0.15) is 5.82 Å². The Kier molecular flexibility index (Phi) is 2.26. The van der Waals surface area contributed by atoms with Crippen LogP contribution in [-0.4, -0.2) is 19.5 Å². The Hall–Kier alpha value is -0.980. The van der Waals surface area contributed by atoms with Crippen LogP contribution in [0.4, 0.5) is 0 Å². The molecule has 0 amide bonds. The second-order valence-electron chi connectivity index (χ2n) is 2.54. The van der Waals surface area contributed by atoms with E-state index in [1.807, 2.05) is 17.7 Å². The molecule has 2 heterocycles. The first-order valence-electron chi connectivity index (χ1n) is 3.75. The molecular formula is C8H7IN4. The molecule has 0 saturated carbocycles. The zero-order chi connectivity index (χ0) is 9.26. The van der Waals surface area contributed by atoms with Crippen molar-refractivity contribution >= 4 is 22.6 Å². The Balaban J connectivity index is 2.47. The zero-order valence-corrected chi connectivity index (χ0v) is 9.13. The fraction of sp³-hybridized carbons (Fsp3) is 0.125. The molecule has 0 aliphatic rings. The molecule has 0 radical (unpaired) electrons. The molecule has 0 aliphatic heterocycles. The van der Waals surface area contributed by atoms with Gasteiger partial charge < -0.3 is 0 Å². The van der Waals surface area contributed by atoms with E-state index in [-0.39, 0.29) is 0 Å².